The minimum atomic E-state index is 0.0471. The van der Waals surface area contributed by atoms with E-state index in [1.165, 1.54) is 11.3 Å². The standard InChI is InChI=1S/C9H11Cl2NOS/c1-2-12-8(13)4-3-6-5-7(10)14-9(6)11/h5H,2-4H2,1H3,(H,12,13). The monoisotopic (exact) mass is 251 g/mol. The lowest BCUT2D eigenvalue weighted by Crippen LogP contribution is -2.22. The molecule has 14 heavy (non-hydrogen) atoms. The van der Waals surface area contributed by atoms with Crippen LogP contribution in [-0.4, -0.2) is 12.5 Å². The van der Waals surface area contributed by atoms with Crippen molar-refractivity contribution in [2.45, 2.75) is 19.8 Å². The van der Waals surface area contributed by atoms with E-state index in [1.807, 2.05) is 13.0 Å². The van der Waals surface area contributed by atoms with Crippen molar-refractivity contribution in [3.63, 3.8) is 0 Å². The summed E-state index contributed by atoms with van der Waals surface area (Å²) in [6.45, 7) is 2.56. The molecule has 0 aliphatic carbocycles. The molecule has 0 radical (unpaired) electrons. The number of aryl methyl sites for hydroxylation is 1. The number of halogens is 2. The summed E-state index contributed by atoms with van der Waals surface area (Å²) in [4.78, 5) is 11.2. The van der Waals surface area contributed by atoms with E-state index in [0.717, 1.165) is 5.56 Å². The normalized spacial score (nSPS) is 10.2. The second-order valence-corrected chi connectivity index (χ2v) is 5.09. The number of hydrogen-bond acceptors (Lipinski definition) is 2. The van der Waals surface area contributed by atoms with Crippen LogP contribution in [0.2, 0.25) is 8.67 Å². The lowest BCUT2D eigenvalue weighted by molar-refractivity contribution is -0.120. The molecule has 0 bridgehead atoms. The molecule has 0 atom stereocenters. The number of carbonyl (C=O) groups excluding carboxylic acids is 1. The molecular formula is C9H11Cl2NOS. The molecule has 78 valence electrons. The van der Waals surface area contributed by atoms with Gasteiger partial charge in [-0.25, -0.2) is 0 Å². The van der Waals surface area contributed by atoms with Crippen LogP contribution in [0.15, 0.2) is 6.07 Å². The smallest absolute Gasteiger partial charge is 0.220 e. The van der Waals surface area contributed by atoms with Gasteiger partial charge in [-0.05, 0) is 25.0 Å². The van der Waals surface area contributed by atoms with Gasteiger partial charge in [0.25, 0.3) is 0 Å². The van der Waals surface area contributed by atoms with Crippen molar-refractivity contribution in [1.29, 1.82) is 0 Å². The van der Waals surface area contributed by atoms with E-state index >= 15 is 0 Å². The zero-order valence-corrected chi connectivity index (χ0v) is 10.1. The van der Waals surface area contributed by atoms with Crippen molar-refractivity contribution in [1.82, 2.24) is 5.32 Å². The molecule has 1 aromatic heterocycles. The van der Waals surface area contributed by atoms with Gasteiger partial charge in [-0.15, -0.1) is 11.3 Å². The third-order valence-electron chi connectivity index (χ3n) is 1.72. The second-order valence-electron chi connectivity index (χ2n) is 2.80. The molecule has 1 aromatic rings. The summed E-state index contributed by atoms with van der Waals surface area (Å²) in [7, 11) is 0. The largest absolute Gasteiger partial charge is 0.356 e. The molecule has 1 heterocycles. The van der Waals surface area contributed by atoms with Crippen molar-refractivity contribution in [3.8, 4) is 0 Å². The van der Waals surface area contributed by atoms with Gasteiger partial charge in [0, 0.05) is 13.0 Å². The zero-order valence-electron chi connectivity index (χ0n) is 7.77. The average molecular weight is 252 g/mol. The molecule has 1 amide bonds. The molecule has 0 aromatic carbocycles. The van der Waals surface area contributed by atoms with Gasteiger partial charge < -0.3 is 5.32 Å². The van der Waals surface area contributed by atoms with Crippen LogP contribution in [0.3, 0.4) is 0 Å². The predicted octanol–water partition coefficient (Wildman–Crippen LogP) is 3.12. The molecule has 0 saturated carbocycles. The highest BCUT2D eigenvalue weighted by molar-refractivity contribution is 7.20. The highest BCUT2D eigenvalue weighted by Gasteiger charge is 2.07. The molecule has 2 nitrogen and oxygen atoms in total. The summed E-state index contributed by atoms with van der Waals surface area (Å²) >= 11 is 13.0. The van der Waals surface area contributed by atoms with Crippen LogP contribution in [0.4, 0.5) is 0 Å². The van der Waals surface area contributed by atoms with Crippen LogP contribution in [-0.2, 0) is 11.2 Å². The molecule has 0 unspecified atom stereocenters. The first-order valence-corrected chi connectivity index (χ1v) is 5.91. The Bertz CT molecular complexity index is 325. The van der Waals surface area contributed by atoms with Crippen LogP contribution in [0.25, 0.3) is 0 Å². The molecule has 1 rings (SSSR count). The fourth-order valence-corrected chi connectivity index (χ4v) is 2.62. The molecule has 0 spiro atoms. The van der Waals surface area contributed by atoms with E-state index in [4.69, 9.17) is 23.2 Å². The van der Waals surface area contributed by atoms with Crippen molar-refractivity contribution in [2.75, 3.05) is 6.54 Å². The minimum Gasteiger partial charge on any atom is -0.356 e. The minimum absolute atomic E-state index is 0.0471. The van der Waals surface area contributed by atoms with E-state index in [9.17, 15) is 4.79 Å². The van der Waals surface area contributed by atoms with E-state index in [1.54, 1.807) is 0 Å². The number of amides is 1. The van der Waals surface area contributed by atoms with Crippen molar-refractivity contribution in [3.05, 3.63) is 20.3 Å². The summed E-state index contributed by atoms with van der Waals surface area (Å²) in [6.07, 6.45) is 1.11. The van der Waals surface area contributed by atoms with Gasteiger partial charge >= 0.3 is 0 Å². The van der Waals surface area contributed by atoms with Crippen LogP contribution >= 0.6 is 34.5 Å². The Hall–Kier alpha value is -0.250. The van der Waals surface area contributed by atoms with Crippen LogP contribution in [0.5, 0.6) is 0 Å². The maximum atomic E-state index is 11.2. The van der Waals surface area contributed by atoms with Crippen molar-refractivity contribution < 1.29 is 4.79 Å². The van der Waals surface area contributed by atoms with Gasteiger partial charge in [0.05, 0.1) is 8.67 Å². The van der Waals surface area contributed by atoms with Gasteiger partial charge in [-0.3, -0.25) is 4.79 Å². The third-order valence-corrected chi connectivity index (χ3v) is 3.29. The lowest BCUT2D eigenvalue weighted by Gasteiger charge is -2.00. The highest BCUT2D eigenvalue weighted by Crippen LogP contribution is 2.31. The fourth-order valence-electron chi connectivity index (χ4n) is 1.08. The van der Waals surface area contributed by atoms with E-state index in [0.29, 0.717) is 28.1 Å². The Kier molecular flexibility index (Phi) is 4.72. The van der Waals surface area contributed by atoms with Gasteiger partial charge in [0.15, 0.2) is 0 Å². The third kappa shape index (κ3) is 3.48. The van der Waals surface area contributed by atoms with E-state index in [-0.39, 0.29) is 5.91 Å². The Morgan fingerprint density at radius 3 is 2.79 bits per heavy atom. The number of thiophene rings is 1. The van der Waals surface area contributed by atoms with Gasteiger partial charge in [0.2, 0.25) is 5.91 Å². The van der Waals surface area contributed by atoms with Crippen molar-refractivity contribution >= 4 is 40.4 Å². The first kappa shape index (κ1) is 11.8. The Labute approximate surface area is 97.2 Å². The summed E-state index contributed by atoms with van der Waals surface area (Å²) in [6, 6.07) is 1.81. The molecule has 1 N–H and O–H groups in total. The number of carbonyl (C=O) groups is 1. The number of nitrogens with one attached hydrogen (secondary N) is 1. The molecular weight excluding hydrogens is 241 g/mol. The quantitative estimate of drug-likeness (QED) is 0.876. The van der Waals surface area contributed by atoms with Crippen molar-refractivity contribution in [2.24, 2.45) is 0 Å². The molecule has 5 heteroatoms. The second kappa shape index (κ2) is 5.59. The Morgan fingerprint density at radius 1 is 1.57 bits per heavy atom. The zero-order chi connectivity index (χ0) is 10.6. The average Bonchev–Trinajstić information content (AvgIpc) is 2.42. The number of rotatable bonds is 4. The Balaban J connectivity index is 2.45. The molecule has 0 aliphatic rings. The molecule has 0 aliphatic heterocycles. The summed E-state index contributed by atoms with van der Waals surface area (Å²) in [5, 5.41) is 2.73. The highest BCUT2D eigenvalue weighted by atomic mass is 35.5. The maximum Gasteiger partial charge on any atom is 0.220 e. The molecule has 0 fully saturated rings. The van der Waals surface area contributed by atoms with Gasteiger partial charge in [0.1, 0.15) is 0 Å². The first-order chi connectivity index (χ1) is 6.63. The Morgan fingerprint density at radius 2 is 2.29 bits per heavy atom. The molecule has 0 saturated heterocycles. The van der Waals surface area contributed by atoms with Crippen LogP contribution in [0, 0.1) is 0 Å². The number of hydrogen-bond donors (Lipinski definition) is 1. The summed E-state index contributed by atoms with van der Waals surface area (Å²) in [5.74, 6) is 0.0471. The van der Waals surface area contributed by atoms with E-state index < -0.39 is 0 Å². The SMILES string of the molecule is CCNC(=O)CCc1cc(Cl)sc1Cl. The summed E-state index contributed by atoms with van der Waals surface area (Å²) < 4.78 is 1.35. The lowest BCUT2D eigenvalue weighted by atomic mass is 10.2. The predicted molar refractivity (Wildman–Crippen MR) is 61.3 cm³/mol. The van der Waals surface area contributed by atoms with Gasteiger partial charge in [-0.1, -0.05) is 23.2 Å². The van der Waals surface area contributed by atoms with Gasteiger partial charge in [-0.2, -0.15) is 0 Å². The summed E-state index contributed by atoms with van der Waals surface area (Å²) in [5.41, 5.74) is 0.952. The van der Waals surface area contributed by atoms with E-state index in [2.05, 4.69) is 5.32 Å². The first-order valence-electron chi connectivity index (χ1n) is 4.34. The van der Waals surface area contributed by atoms with Crippen LogP contribution in [0.1, 0.15) is 18.9 Å². The topological polar surface area (TPSA) is 29.1 Å². The maximum absolute atomic E-state index is 11.2. The van der Waals surface area contributed by atoms with Crippen LogP contribution < -0.4 is 5.32 Å². The fraction of sp³-hybridized carbons (Fsp3) is 0.444.